The van der Waals surface area contributed by atoms with Gasteiger partial charge in [0.1, 0.15) is 12.3 Å². The quantitative estimate of drug-likeness (QED) is 0.783. The van der Waals surface area contributed by atoms with Gasteiger partial charge in [-0.05, 0) is 6.42 Å². The predicted molar refractivity (Wildman–Crippen MR) is 67.1 cm³/mol. The first-order valence-corrected chi connectivity index (χ1v) is 5.86. The Morgan fingerprint density at radius 1 is 1.47 bits per heavy atom. The highest BCUT2D eigenvalue weighted by Gasteiger charge is 2.20. The third-order valence-corrected chi connectivity index (χ3v) is 2.69. The minimum Gasteiger partial charge on any atom is -0.454 e. The van der Waals surface area contributed by atoms with Crippen molar-refractivity contribution in [3.8, 4) is 0 Å². The van der Waals surface area contributed by atoms with Crippen molar-refractivity contribution in [3.05, 3.63) is 23.3 Å². The average Bonchev–Trinajstić information content (AvgIpc) is 2.90. The molecule has 8 nitrogen and oxygen atoms in total. The van der Waals surface area contributed by atoms with Gasteiger partial charge in [0, 0.05) is 14.1 Å². The van der Waals surface area contributed by atoms with Gasteiger partial charge in [-0.1, -0.05) is 12.1 Å². The normalized spacial score (nSPS) is 10.7. The third-order valence-electron chi connectivity index (χ3n) is 2.69. The smallest absolute Gasteiger partial charge is 0.359 e. The highest BCUT2D eigenvalue weighted by Crippen LogP contribution is 2.18. The number of aromatic nitrogens is 5. The van der Waals surface area contributed by atoms with Crippen LogP contribution in [-0.4, -0.2) is 30.7 Å². The first-order chi connectivity index (χ1) is 9.02. The van der Waals surface area contributed by atoms with Crippen molar-refractivity contribution >= 4 is 11.7 Å². The molecular formula is C11H16N6O2. The molecule has 2 aromatic rings. The number of nitrogen functional groups attached to an aromatic ring is 1. The number of nitrogens with zero attached hydrogens (tertiary/aromatic N) is 5. The number of carbonyl (C=O) groups excluding carboxylic acids is 1. The summed E-state index contributed by atoms with van der Waals surface area (Å²) in [5, 5.41) is 11.8. The summed E-state index contributed by atoms with van der Waals surface area (Å²) >= 11 is 0. The van der Waals surface area contributed by atoms with Crippen LogP contribution in [0.2, 0.25) is 0 Å². The number of ether oxygens (including phenoxy) is 1. The van der Waals surface area contributed by atoms with Gasteiger partial charge in [0.25, 0.3) is 0 Å². The summed E-state index contributed by atoms with van der Waals surface area (Å²) in [5.74, 6) is -0.516. The van der Waals surface area contributed by atoms with E-state index in [1.165, 1.54) is 9.36 Å². The third kappa shape index (κ3) is 2.56. The fourth-order valence-corrected chi connectivity index (χ4v) is 1.77. The average molecular weight is 264 g/mol. The molecule has 0 radical (unpaired) electrons. The Morgan fingerprint density at radius 2 is 2.21 bits per heavy atom. The lowest BCUT2D eigenvalue weighted by Gasteiger charge is -2.03. The molecule has 0 aliphatic heterocycles. The number of carbonyl (C=O) groups is 1. The van der Waals surface area contributed by atoms with Gasteiger partial charge in [-0.25, -0.2) is 4.79 Å². The number of anilines is 1. The van der Waals surface area contributed by atoms with Crippen molar-refractivity contribution in [2.45, 2.75) is 20.0 Å². The van der Waals surface area contributed by atoms with E-state index >= 15 is 0 Å². The molecule has 0 saturated heterocycles. The van der Waals surface area contributed by atoms with Crippen LogP contribution in [0.4, 0.5) is 5.69 Å². The minimum atomic E-state index is -0.516. The van der Waals surface area contributed by atoms with Crippen molar-refractivity contribution < 1.29 is 9.53 Å². The maximum atomic E-state index is 12.0. The van der Waals surface area contributed by atoms with Gasteiger partial charge in [0.15, 0.2) is 5.69 Å². The highest BCUT2D eigenvalue weighted by molar-refractivity contribution is 5.93. The van der Waals surface area contributed by atoms with Gasteiger partial charge in [0.2, 0.25) is 0 Å². The molecule has 0 fully saturated rings. The number of rotatable bonds is 4. The summed E-state index contributed by atoms with van der Waals surface area (Å²) < 4.78 is 8.13. The number of esters is 1. The van der Waals surface area contributed by atoms with Crippen LogP contribution in [0.3, 0.4) is 0 Å². The fourth-order valence-electron chi connectivity index (χ4n) is 1.77. The molecule has 0 aliphatic rings. The standard InChI is InChI=1S/C11H16N6O2/c1-4-8-9(12)10(17(3)14-8)11(18)19-6-7-5-16(2)15-13-7/h5H,4,6,12H2,1-3H3. The summed E-state index contributed by atoms with van der Waals surface area (Å²) in [7, 11) is 3.40. The predicted octanol–water partition coefficient (Wildman–Crippen LogP) is 0.0502. The van der Waals surface area contributed by atoms with Crippen LogP contribution in [-0.2, 0) is 31.9 Å². The second kappa shape index (κ2) is 5.09. The van der Waals surface area contributed by atoms with Crippen LogP contribution in [0.25, 0.3) is 0 Å². The lowest BCUT2D eigenvalue weighted by molar-refractivity contribution is 0.0456. The first-order valence-electron chi connectivity index (χ1n) is 5.86. The summed E-state index contributed by atoms with van der Waals surface area (Å²) in [5.41, 5.74) is 7.77. The first kappa shape index (κ1) is 13.1. The lowest BCUT2D eigenvalue weighted by atomic mass is 10.2. The molecule has 19 heavy (non-hydrogen) atoms. The van der Waals surface area contributed by atoms with Crippen LogP contribution in [0.1, 0.15) is 28.8 Å². The van der Waals surface area contributed by atoms with Gasteiger partial charge < -0.3 is 10.5 Å². The van der Waals surface area contributed by atoms with E-state index < -0.39 is 5.97 Å². The molecule has 102 valence electrons. The highest BCUT2D eigenvalue weighted by atomic mass is 16.5. The molecule has 0 amide bonds. The Balaban J connectivity index is 2.10. The second-order valence-corrected chi connectivity index (χ2v) is 4.15. The molecule has 0 spiro atoms. The van der Waals surface area contributed by atoms with Crippen molar-refractivity contribution in [1.29, 1.82) is 0 Å². The Labute approximate surface area is 110 Å². The minimum absolute atomic E-state index is 0.0543. The van der Waals surface area contributed by atoms with E-state index in [-0.39, 0.29) is 12.3 Å². The number of hydrogen-bond acceptors (Lipinski definition) is 6. The zero-order valence-corrected chi connectivity index (χ0v) is 11.1. The van der Waals surface area contributed by atoms with E-state index in [9.17, 15) is 4.79 Å². The largest absolute Gasteiger partial charge is 0.454 e. The Kier molecular flexibility index (Phi) is 3.50. The molecule has 0 unspecified atom stereocenters. The van der Waals surface area contributed by atoms with Crippen LogP contribution in [0.15, 0.2) is 6.20 Å². The number of nitrogens with two attached hydrogens (primary N) is 1. The van der Waals surface area contributed by atoms with E-state index in [0.29, 0.717) is 23.5 Å². The monoisotopic (exact) mass is 264 g/mol. The number of hydrogen-bond donors (Lipinski definition) is 1. The lowest BCUT2D eigenvalue weighted by Crippen LogP contribution is -2.12. The van der Waals surface area contributed by atoms with E-state index in [1.807, 2.05) is 6.92 Å². The van der Waals surface area contributed by atoms with Crippen LogP contribution < -0.4 is 5.73 Å². The zero-order valence-electron chi connectivity index (χ0n) is 11.1. The van der Waals surface area contributed by atoms with Gasteiger partial charge in [-0.3, -0.25) is 9.36 Å². The molecule has 2 rings (SSSR count). The van der Waals surface area contributed by atoms with Crippen LogP contribution in [0.5, 0.6) is 0 Å². The molecule has 0 aromatic carbocycles. The topological polar surface area (TPSA) is 101 Å². The van der Waals surface area contributed by atoms with E-state index in [0.717, 1.165) is 0 Å². The molecule has 0 saturated carbocycles. The maximum Gasteiger partial charge on any atom is 0.359 e. The molecular weight excluding hydrogens is 248 g/mol. The SMILES string of the molecule is CCc1nn(C)c(C(=O)OCc2cn(C)nn2)c1N. The summed E-state index contributed by atoms with van der Waals surface area (Å²) in [4.78, 5) is 12.0. The van der Waals surface area contributed by atoms with Crippen molar-refractivity contribution in [2.75, 3.05) is 5.73 Å². The van der Waals surface area contributed by atoms with Gasteiger partial charge in [-0.2, -0.15) is 5.10 Å². The zero-order chi connectivity index (χ0) is 14.0. The molecule has 2 aromatic heterocycles. The summed E-state index contributed by atoms with van der Waals surface area (Å²) in [6.07, 6.45) is 2.34. The molecule has 0 bridgehead atoms. The second-order valence-electron chi connectivity index (χ2n) is 4.15. The Hall–Kier alpha value is -2.38. The molecule has 8 heteroatoms. The molecule has 0 atom stereocenters. The fraction of sp³-hybridized carbons (Fsp3) is 0.455. The summed E-state index contributed by atoms with van der Waals surface area (Å²) in [6, 6.07) is 0. The molecule has 0 aliphatic carbocycles. The van der Waals surface area contributed by atoms with Crippen LogP contribution >= 0.6 is 0 Å². The Morgan fingerprint density at radius 3 is 2.74 bits per heavy atom. The van der Waals surface area contributed by atoms with Crippen molar-refractivity contribution in [1.82, 2.24) is 24.8 Å². The van der Waals surface area contributed by atoms with Crippen molar-refractivity contribution in [3.63, 3.8) is 0 Å². The van der Waals surface area contributed by atoms with Crippen molar-refractivity contribution in [2.24, 2.45) is 14.1 Å². The number of aryl methyl sites for hydroxylation is 3. The maximum absolute atomic E-state index is 12.0. The molecule has 2 N–H and O–H groups in total. The Bertz CT molecular complexity index is 600. The van der Waals surface area contributed by atoms with E-state index in [2.05, 4.69) is 15.4 Å². The summed E-state index contributed by atoms with van der Waals surface area (Å²) in [6.45, 7) is 1.98. The van der Waals surface area contributed by atoms with E-state index in [1.54, 1.807) is 20.3 Å². The van der Waals surface area contributed by atoms with Gasteiger partial charge in [0.05, 0.1) is 17.6 Å². The van der Waals surface area contributed by atoms with Gasteiger partial charge in [-0.15, -0.1) is 5.10 Å². The van der Waals surface area contributed by atoms with Gasteiger partial charge >= 0.3 is 5.97 Å². The molecule has 2 heterocycles. The van der Waals surface area contributed by atoms with Crippen LogP contribution in [0, 0.1) is 0 Å². The van der Waals surface area contributed by atoms with E-state index in [4.69, 9.17) is 10.5 Å².